The Labute approximate surface area is 157 Å². The molecular weight excluding hydrogens is 346 g/mol. The lowest BCUT2D eigenvalue weighted by atomic mass is 10.2. The molecule has 3 aromatic rings. The van der Waals surface area contributed by atoms with E-state index in [0.717, 1.165) is 11.1 Å². The lowest BCUT2D eigenvalue weighted by Gasteiger charge is -2.31. The fourth-order valence-electron chi connectivity index (χ4n) is 2.29. The minimum absolute atomic E-state index is 0.158. The average Bonchev–Trinajstić information content (AvgIpc) is 2.65. The number of rotatable bonds is 6. The normalized spacial score (nSPS) is 10.4. The van der Waals surface area contributed by atoms with Crippen LogP contribution in [0.15, 0.2) is 66.7 Å². The van der Waals surface area contributed by atoms with E-state index in [4.69, 9.17) is 15.4 Å². The first-order valence-corrected chi connectivity index (χ1v) is 8.26. The van der Waals surface area contributed by atoms with Crippen LogP contribution >= 0.6 is 0 Å². The molecule has 3 rings (SSSR count). The summed E-state index contributed by atoms with van der Waals surface area (Å²) in [5.41, 5.74) is 8.84. The SMILES string of the molecule is Cc1ccc(N([O-])Oc2ccc(ON([O-])c3ccc(C)cc3)c(N)c2)cc1. The fraction of sp³-hybridized carbons (Fsp3) is 0.100. The first-order chi connectivity index (χ1) is 12.9. The third kappa shape index (κ3) is 4.60. The predicted molar refractivity (Wildman–Crippen MR) is 106 cm³/mol. The second-order valence-electron chi connectivity index (χ2n) is 6.07. The fourth-order valence-corrected chi connectivity index (χ4v) is 2.29. The van der Waals surface area contributed by atoms with Crippen LogP contribution in [0.5, 0.6) is 11.5 Å². The summed E-state index contributed by atoms with van der Waals surface area (Å²) < 4.78 is 0. The van der Waals surface area contributed by atoms with Crippen LogP contribution in [-0.2, 0) is 0 Å². The predicted octanol–water partition coefficient (Wildman–Crippen LogP) is 4.48. The van der Waals surface area contributed by atoms with Gasteiger partial charge >= 0.3 is 0 Å². The quantitative estimate of drug-likeness (QED) is 0.508. The van der Waals surface area contributed by atoms with Crippen LogP contribution in [0.25, 0.3) is 0 Å². The monoisotopic (exact) mass is 365 g/mol. The summed E-state index contributed by atoms with van der Waals surface area (Å²) in [6.07, 6.45) is 0. The maximum atomic E-state index is 12.1. The number of nitrogen functional groups attached to an aromatic ring is 1. The zero-order chi connectivity index (χ0) is 19.4. The van der Waals surface area contributed by atoms with Crippen LogP contribution in [0.3, 0.4) is 0 Å². The maximum Gasteiger partial charge on any atom is 0.177 e. The van der Waals surface area contributed by atoms with Gasteiger partial charge in [0, 0.05) is 6.07 Å². The number of anilines is 3. The van der Waals surface area contributed by atoms with Crippen LogP contribution in [0, 0.1) is 24.3 Å². The number of benzene rings is 3. The molecule has 0 saturated carbocycles. The molecular formula is C20H19N3O4-2. The molecule has 0 aliphatic heterocycles. The van der Waals surface area contributed by atoms with E-state index in [2.05, 4.69) is 0 Å². The van der Waals surface area contributed by atoms with Crippen molar-refractivity contribution in [2.24, 2.45) is 0 Å². The third-order valence-electron chi connectivity index (χ3n) is 3.84. The minimum atomic E-state index is 0.158. The highest BCUT2D eigenvalue weighted by Gasteiger charge is 2.07. The minimum Gasteiger partial charge on any atom is -0.724 e. The summed E-state index contributed by atoms with van der Waals surface area (Å²) >= 11 is 0. The van der Waals surface area contributed by atoms with Crippen molar-refractivity contribution in [3.8, 4) is 11.5 Å². The Kier molecular flexibility index (Phi) is 5.35. The van der Waals surface area contributed by atoms with E-state index in [1.165, 1.54) is 18.2 Å². The number of hydrogen-bond donors (Lipinski definition) is 1. The Morgan fingerprint density at radius 1 is 0.704 bits per heavy atom. The maximum absolute atomic E-state index is 12.1. The molecule has 0 heterocycles. The van der Waals surface area contributed by atoms with Gasteiger partial charge in [0.05, 0.1) is 17.1 Å². The van der Waals surface area contributed by atoms with Crippen molar-refractivity contribution in [2.75, 3.05) is 16.2 Å². The Morgan fingerprint density at radius 3 is 1.67 bits per heavy atom. The first-order valence-electron chi connectivity index (χ1n) is 8.26. The molecule has 3 aromatic carbocycles. The summed E-state index contributed by atoms with van der Waals surface area (Å²) in [7, 11) is 0. The average molecular weight is 365 g/mol. The highest BCUT2D eigenvalue weighted by Crippen LogP contribution is 2.29. The second-order valence-corrected chi connectivity index (χ2v) is 6.07. The zero-order valence-corrected chi connectivity index (χ0v) is 15.0. The van der Waals surface area contributed by atoms with E-state index in [-0.39, 0.29) is 17.2 Å². The summed E-state index contributed by atoms with van der Waals surface area (Å²) in [6, 6.07) is 18.2. The van der Waals surface area contributed by atoms with Crippen molar-refractivity contribution < 1.29 is 9.68 Å². The topological polar surface area (TPSA) is 97.1 Å². The molecule has 7 nitrogen and oxygen atoms in total. The van der Waals surface area contributed by atoms with Crippen LogP contribution < -0.4 is 25.9 Å². The molecule has 0 aliphatic carbocycles. The van der Waals surface area contributed by atoms with Crippen molar-refractivity contribution in [3.05, 3.63) is 88.3 Å². The molecule has 0 atom stereocenters. The van der Waals surface area contributed by atoms with Gasteiger partial charge in [0.1, 0.15) is 0 Å². The number of nitrogens with two attached hydrogens (primary N) is 1. The van der Waals surface area contributed by atoms with Crippen molar-refractivity contribution in [3.63, 3.8) is 0 Å². The molecule has 7 heteroatoms. The van der Waals surface area contributed by atoms with Gasteiger partial charge in [0.15, 0.2) is 11.5 Å². The first kappa shape index (κ1) is 18.4. The van der Waals surface area contributed by atoms with Gasteiger partial charge in [0.25, 0.3) is 0 Å². The lowest BCUT2D eigenvalue weighted by molar-refractivity contribution is 0.312. The van der Waals surface area contributed by atoms with Crippen molar-refractivity contribution in [1.29, 1.82) is 0 Å². The van der Waals surface area contributed by atoms with Crippen LogP contribution in [0.1, 0.15) is 11.1 Å². The van der Waals surface area contributed by atoms with Crippen LogP contribution in [0.4, 0.5) is 17.1 Å². The van der Waals surface area contributed by atoms with Gasteiger partial charge < -0.3 is 25.8 Å². The zero-order valence-electron chi connectivity index (χ0n) is 15.0. The molecule has 2 N–H and O–H groups in total. The molecule has 140 valence electrons. The highest BCUT2D eigenvalue weighted by molar-refractivity contribution is 5.58. The van der Waals surface area contributed by atoms with Gasteiger partial charge in [-0.15, -0.1) is 0 Å². The molecule has 0 saturated heterocycles. The highest BCUT2D eigenvalue weighted by atomic mass is 16.9. The number of aryl methyl sites for hydroxylation is 2. The van der Waals surface area contributed by atoms with E-state index in [1.807, 2.05) is 26.0 Å². The van der Waals surface area contributed by atoms with E-state index in [9.17, 15) is 10.4 Å². The molecule has 27 heavy (non-hydrogen) atoms. The van der Waals surface area contributed by atoms with Crippen molar-refractivity contribution in [2.45, 2.75) is 13.8 Å². The smallest absolute Gasteiger partial charge is 0.177 e. The van der Waals surface area contributed by atoms with E-state index in [0.29, 0.717) is 21.8 Å². The molecule has 0 bridgehead atoms. The molecule has 0 spiro atoms. The van der Waals surface area contributed by atoms with Crippen molar-refractivity contribution >= 4 is 17.1 Å². The molecule has 0 fully saturated rings. The largest absolute Gasteiger partial charge is 0.724 e. The summed E-state index contributed by atoms with van der Waals surface area (Å²) in [4.78, 5) is 10.5. The standard InChI is InChI=1S/C20H19N3O4/c1-14-3-7-16(8-4-14)22(24)26-18-11-12-20(19(21)13-18)27-23(25)17-9-5-15(2)6-10-17/h3-13H,21H2,1-2H3/q-2. The van der Waals surface area contributed by atoms with Gasteiger partial charge in [-0.1, -0.05) is 35.4 Å². The number of nitrogens with zero attached hydrogens (tertiary/aromatic N) is 2. The molecule has 0 aliphatic rings. The summed E-state index contributed by atoms with van der Waals surface area (Å²) in [5, 5.41) is 24.9. The van der Waals surface area contributed by atoms with E-state index in [1.54, 1.807) is 36.4 Å². The second kappa shape index (κ2) is 7.86. The molecule has 0 unspecified atom stereocenters. The summed E-state index contributed by atoms with van der Waals surface area (Å²) in [6.45, 7) is 3.85. The van der Waals surface area contributed by atoms with Crippen LogP contribution in [-0.4, -0.2) is 0 Å². The Balaban J connectivity index is 1.67. The number of hydrogen-bond acceptors (Lipinski definition) is 7. The molecule has 0 amide bonds. The van der Waals surface area contributed by atoms with E-state index >= 15 is 0 Å². The Hall–Kier alpha value is -3.42. The van der Waals surface area contributed by atoms with Gasteiger partial charge in [-0.3, -0.25) is 10.5 Å². The van der Waals surface area contributed by atoms with Gasteiger partial charge in [0.2, 0.25) is 0 Å². The van der Waals surface area contributed by atoms with Crippen LogP contribution in [0.2, 0.25) is 0 Å². The lowest BCUT2D eigenvalue weighted by Crippen LogP contribution is -2.21. The van der Waals surface area contributed by atoms with E-state index < -0.39 is 0 Å². The van der Waals surface area contributed by atoms with Gasteiger partial charge in [-0.2, -0.15) is 0 Å². The third-order valence-corrected chi connectivity index (χ3v) is 3.84. The Morgan fingerprint density at radius 2 is 1.19 bits per heavy atom. The molecule has 0 radical (unpaired) electrons. The van der Waals surface area contributed by atoms with Gasteiger partial charge in [-0.05, 0) is 50.2 Å². The van der Waals surface area contributed by atoms with Crippen molar-refractivity contribution in [1.82, 2.24) is 0 Å². The summed E-state index contributed by atoms with van der Waals surface area (Å²) in [5.74, 6) is 0.383. The Bertz CT molecular complexity index is 898. The van der Waals surface area contributed by atoms with Gasteiger partial charge in [-0.25, -0.2) is 0 Å². The molecule has 0 aromatic heterocycles.